The molecule has 1 N–H and O–H groups in total. The number of rotatable bonds is 4. The Hall–Kier alpha value is -2.42. The Morgan fingerprint density at radius 2 is 1.91 bits per heavy atom. The van der Waals surface area contributed by atoms with Crippen molar-refractivity contribution in [3.05, 3.63) is 46.5 Å². The van der Waals surface area contributed by atoms with Gasteiger partial charge in [0.25, 0.3) is 5.78 Å². The molecule has 0 aliphatic rings. The predicted molar refractivity (Wildman–Crippen MR) is 77.5 cm³/mol. The van der Waals surface area contributed by atoms with Gasteiger partial charge in [0, 0.05) is 0 Å². The van der Waals surface area contributed by atoms with E-state index in [0.29, 0.717) is 11.3 Å². The van der Waals surface area contributed by atoms with Gasteiger partial charge in [-0.3, -0.25) is 10.1 Å². The van der Waals surface area contributed by atoms with Crippen LogP contribution in [0.4, 0.5) is 23.1 Å². The van der Waals surface area contributed by atoms with E-state index in [9.17, 15) is 22.8 Å². The largest absolute Gasteiger partial charge is 0.455 e. The van der Waals surface area contributed by atoms with Crippen LogP contribution in [0.25, 0.3) is 0 Å². The summed E-state index contributed by atoms with van der Waals surface area (Å²) in [6.45, 7) is 1.27. The van der Waals surface area contributed by atoms with Crippen molar-refractivity contribution < 1.29 is 27.5 Å². The molecule has 23 heavy (non-hydrogen) atoms. The molecule has 0 fully saturated rings. The van der Waals surface area contributed by atoms with Crippen LogP contribution in [-0.4, -0.2) is 23.0 Å². The normalized spacial score (nSPS) is 11.1. The summed E-state index contributed by atoms with van der Waals surface area (Å²) in [7, 11) is 0. The second kappa shape index (κ2) is 6.78. The number of ether oxygens (including phenoxy) is 1. The van der Waals surface area contributed by atoms with Crippen LogP contribution in [-0.2, 0) is 11.3 Å². The first-order valence-corrected chi connectivity index (χ1v) is 7.15. The minimum absolute atomic E-state index is 0.00533. The Balaban J connectivity index is 1.98. The van der Waals surface area contributed by atoms with E-state index in [1.807, 2.05) is 0 Å². The van der Waals surface area contributed by atoms with Gasteiger partial charge in [0.2, 0.25) is 0 Å². The van der Waals surface area contributed by atoms with E-state index in [-0.39, 0.29) is 17.4 Å². The van der Waals surface area contributed by atoms with Crippen molar-refractivity contribution in [3.8, 4) is 0 Å². The van der Waals surface area contributed by atoms with Crippen LogP contribution in [0.15, 0.2) is 30.3 Å². The molecule has 9 heteroatoms. The Bertz CT molecular complexity index is 714. The Labute approximate surface area is 133 Å². The second-order valence-corrected chi connectivity index (χ2v) is 5.45. The lowest BCUT2D eigenvalue weighted by Crippen LogP contribution is -2.22. The van der Waals surface area contributed by atoms with Crippen molar-refractivity contribution in [2.45, 2.75) is 19.7 Å². The van der Waals surface area contributed by atoms with Gasteiger partial charge in [-0.15, -0.1) is 0 Å². The lowest BCUT2D eigenvalue weighted by Gasteiger charge is -2.04. The number of nitrogens with zero attached hydrogens (tertiary/aromatic N) is 1. The van der Waals surface area contributed by atoms with Crippen molar-refractivity contribution in [1.29, 1.82) is 0 Å². The molecule has 122 valence electrons. The molecule has 0 spiro atoms. The predicted octanol–water partition coefficient (Wildman–Crippen LogP) is 3.95. The molecule has 0 unspecified atom stereocenters. The Morgan fingerprint density at radius 1 is 1.26 bits per heavy atom. The molecule has 0 saturated heterocycles. The summed E-state index contributed by atoms with van der Waals surface area (Å²) in [6.07, 6.45) is -5.85. The van der Waals surface area contributed by atoms with Crippen molar-refractivity contribution in [1.82, 2.24) is 4.98 Å². The summed E-state index contributed by atoms with van der Waals surface area (Å²) in [5.74, 6) is -1.99. The lowest BCUT2D eigenvalue weighted by molar-refractivity contribution is -0.0883. The van der Waals surface area contributed by atoms with E-state index in [4.69, 9.17) is 4.74 Å². The summed E-state index contributed by atoms with van der Waals surface area (Å²) in [6, 6.07) is 8.86. The van der Waals surface area contributed by atoms with Crippen molar-refractivity contribution in [3.63, 3.8) is 0 Å². The highest BCUT2D eigenvalue weighted by molar-refractivity contribution is 7.17. The minimum atomic E-state index is -4.98. The smallest absolute Gasteiger partial charge is 0.444 e. The summed E-state index contributed by atoms with van der Waals surface area (Å²) >= 11 is 0.452. The molecule has 1 aromatic heterocycles. The summed E-state index contributed by atoms with van der Waals surface area (Å²) in [5, 5.41) is 2.08. The van der Waals surface area contributed by atoms with E-state index in [1.165, 1.54) is 6.92 Å². The van der Waals surface area contributed by atoms with Crippen molar-refractivity contribution >= 4 is 28.3 Å². The number of thiazole rings is 1. The highest BCUT2D eigenvalue weighted by Gasteiger charge is 2.41. The number of hydrogen-bond donors (Lipinski definition) is 1. The molecule has 0 saturated carbocycles. The summed E-state index contributed by atoms with van der Waals surface area (Å²) in [5.41, 5.74) is 0.654. The third kappa shape index (κ3) is 4.52. The summed E-state index contributed by atoms with van der Waals surface area (Å²) < 4.78 is 42.2. The number of aryl methyl sites for hydroxylation is 1. The van der Waals surface area contributed by atoms with Gasteiger partial charge in [0.05, 0.1) is 5.69 Å². The number of carbonyl (C=O) groups is 2. The number of hydrogen-bond acceptors (Lipinski definition) is 5. The maximum absolute atomic E-state index is 12.4. The fourth-order valence-corrected chi connectivity index (χ4v) is 2.55. The molecule has 0 aliphatic heterocycles. The van der Waals surface area contributed by atoms with Crippen LogP contribution in [0.1, 0.15) is 20.9 Å². The molecular weight excluding hydrogens is 333 g/mol. The van der Waals surface area contributed by atoms with Crippen LogP contribution < -0.4 is 5.32 Å². The number of anilines is 1. The molecule has 1 heterocycles. The van der Waals surface area contributed by atoms with Gasteiger partial charge in [0.1, 0.15) is 11.5 Å². The molecule has 2 aromatic rings. The molecule has 0 radical (unpaired) electrons. The van der Waals surface area contributed by atoms with Crippen LogP contribution in [0, 0.1) is 6.92 Å². The first-order chi connectivity index (χ1) is 10.8. The van der Waals surface area contributed by atoms with Crippen molar-refractivity contribution in [2.75, 3.05) is 5.32 Å². The number of benzene rings is 1. The molecule has 0 atom stereocenters. The van der Waals surface area contributed by atoms with E-state index in [0.717, 1.165) is 5.56 Å². The van der Waals surface area contributed by atoms with Crippen molar-refractivity contribution in [2.24, 2.45) is 0 Å². The van der Waals surface area contributed by atoms with Gasteiger partial charge in [-0.2, -0.15) is 13.2 Å². The Kier molecular flexibility index (Phi) is 4.99. The number of nitrogens with one attached hydrogen (secondary N) is 1. The zero-order valence-corrected chi connectivity index (χ0v) is 12.6. The van der Waals surface area contributed by atoms with Crippen LogP contribution in [0.2, 0.25) is 0 Å². The van der Waals surface area contributed by atoms with Gasteiger partial charge in [0.15, 0.2) is 5.13 Å². The fourth-order valence-electron chi connectivity index (χ4n) is 1.64. The molecule has 1 aromatic carbocycles. The van der Waals surface area contributed by atoms with E-state index < -0.39 is 22.9 Å². The third-order valence-electron chi connectivity index (χ3n) is 2.68. The van der Waals surface area contributed by atoms with Gasteiger partial charge in [-0.25, -0.2) is 9.78 Å². The first kappa shape index (κ1) is 16.9. The topological polar surface area (TPSA) is 68.3 Å². The second-order valence-electron chi connectivity index (χ2n) is 4.45. The number of halogens is 3. The zero-order valence-electron chi connectivity index (χ0n) is 11.8. The van der Waals surface area contributed by atoms with Gasteiger partial charge in [-0.05, 0) is 12.5 Å². The maximum atomic E-state index is 12.4. The third-order valence-corrected chi connectivity index (χ3v) is 3.75. The molecule has 5 nitrogen and oxygen atoms in total. The van der Waals surface area contributed by atoms with E-state index in [1.54, 1.807) is 30.3 Å². The van der Waals surface area contributed by atoms with E-state index >= 15 is 0 Å². The molecule has 1 amide bonds. The average Bonchev–Trinajstić information content (AvgIpc) is 2.85. The number of carbonyl (C=O) groups excluding carboxylic acids is 2. The van der Waals surface area contributed by atoms with Gasteiger partial charge >= 0.3 is 12.3 Å². The molecule has 2 rings (SSSR count). The maximum Gasteiger partial charge on any atom is 0.455 e. The molecule has 0 bridgehead atoms. The monoisotopic (exact) mass is 344 g/mol. The van der Waals surface area contributed by atoms with Gasteiger partial charge in [-0.1, -0.05) is 41.7 Å². The number of ketones is 1. The number of aromatic nitrogens is 1. The quantitative estimate of drug-likeness (QED) is 0.853. The van der Waals surface area contributed by atoms with Crippen LogP contribution in [0.3, 0.4) is 0 Å². The minimum Gasteiger partial charge on any atom is -0.444 e. The number of Topliss-reactive ketones (excluding diaryl/α,β-unsaturated/α-hetero) is 1. The number of alkyl halides is 3. The average molecular weight is 344 g/mol. The highest BCUT2D eigenvalue weighted by atomic mass is 32.1. The molecular formula is C14H11F3N2O3S. The standard InChI is InChI=1S/C14H11F3N2O3S/c1-8-10(11(20)14(15,16)17)23-12(18-8)19-13(21)22-7-9-5-3-2-4-6-9/h2-6H,7H2,1H3,(H,18,19,21). The van der Waals surface area contributed by atoms with Crippen LogP contribution in [0.5, 0.6) is 0 Å². The first-order valence-electron chi connectivity index (χ1n) is 6.34. The molecule has 0 aliphatic carbocycles. The zero-order chi connectivity index (χ0) is 17.0. The van der Waals surface area contributed by atoms with E-state index in [2.05, 4.69) is 10.3 Å². The fraction of sp³-hybridized carbons (Fsp3) is 0.214. The SMILES string of the molecule is Cc1nc(NC(=O)OCc2ccccc2)sc1C(=O)C(F)(F)F. The summed E-state index contributed by atoms with van der Waals surface area (Å²) in [4.78, 5) is 26.0. The highest BCUT2D eigenvalue weighted by Crippen LogP contribution is 2.29. The lowest BCUT2D eigenvalue weighted by atomic mass is 10.2. The Morgan fingerprint density at radius 3 is 2.52 bits per heavy atom. The van der Waals surface area contributed by atoms with Crippen LogP contribution >= 0.6 is 11.3 Å². The number of amides is 1. The van der Waals surface area contributed by atoms with Gasteiger partial charge < -0.3 is 4.74 Å².